The third kappa shape index (κ3) is 5.19. The standard InChI is InChI=1S/C28H29F2N5O4/c1-27(2,3)13-22(34(4)25(38)23(36)32-21-10-9-16(29)11-19(21)30)24(37)35-15-28(12-17(35)14-31)18-7-5-6-8-20(18)33-26(28)39/h5-11,17,22H,12-13,15H2,1-4H3,(H,32,36)(H,33,39)/t17-,22-,28-/m0/s1. The van der Waals surface area contributed by atoms with Gasteiger partial charge in [0.15, 0.2) is 0 Å². The van der Waals surface area contributed by atoms with Crippen molar-refractivity contribution in [3.8, 4) is 6.07 Å². The molecule has 2 aliphatic heterocycles. The first-order valence-electron chi connectivity index (χ1n) is 12.4. The lowest BCUT2D eigenvalue weighted by molar-refractivity contribution is -0.150. The summed E-state index contributed by atoms with van der Waals surface area (Å²) in [5, 5.41) is 14.9. The molecule has 2 aromatic carbocycles. The SMILES string of the molecule is CN(C(=O)C(=O)Nc1ccc(F)cc1F)[C@@H](CC(C)(C)C)C(=O)N1C[C@]2(C[C@H]1C#N)C(=O)Nc1ccccc12. The summed E-state index contributed by atoms with van der Waals surface area (Å²) < 4.78 is 27.3. The first-order chi connectivity index (χ1) is 18.3. The third-order valence-corrected chi connectivity index (χ3v) is 7.17. The van der Waals surface area contributed by atoms with Gasteiger partial charge in [0.2, 0.25) is 11.8 Å². The minimum atomic E-state index is -1.21. The highest BCUT2D eigenvalue weighted by Gasteiger charge is 2.57. The molecule has 0 bridgehead atoms. The lowest BCUT2D eigenvalue weighted by Crippen LogP contribution is -2.54. The number of para-hydroxylation sites is 1. The average Bonchev–Trinajstić information content (AvgIpc) is 3.40. The molecule has 0 aromatic heterocycles. The number of nitriles is 1. The number of likely N-dealkylation sites (N-methyl/N-ethyl adjacent to an activating group) is 1. The highest BCUT2D eigenvalue weighted by Crippen LogP contribution is 2.46. The normalized spacial score (nSPS) is 20.7. The number of hydrogen-bond donors (Lipinski definition) is 2. The van der Waals surface area contributed by atoms with E-state index < -0.39 is 58.0 Å². The van der Waals surface area contributed by atoms with Crippen LogP contribution in [0.1, 0.15) is 39.2 Å². The zero-order valence-electron chi connectivity index (χ0n) is 22.0. The molecule has 1 fully saturated rings. The molecule has 3 atom stereocenters. The monoisotopic (exact) mass is 537 g/mol. The van der Waals surface area contributed by atoms with Crippen LogP contribution in [-0.2, 0) is 24.6 Å². The predicted molar refractivity (Wildman–Crippen MR) is 138 cm³/mol. The molecule has 0 saturated carbocycles. The van der Waals surface area contributed by atoms with Crippen LogP contribution >= 0.6 is 0 Å². The largest absolute Gasteiger partial charge is 0.325 e. The van der Waals surface area contributed by atoms with E-state index in [1.54, 1.807) is 24.3 Å². The summed E-state index contributed by atoms with van der Waals surface area (Å²) in [5.41, 5.74) is -0.664. The van der Waals surface area contributed by atoms with Gasteiger partial charge in [-0.1, -0.05) is 39.0 Å². The number of nitrogens with zero attached hydrogens (tertiary/aromatic N) is 3. The van der Waals surface area contributed by atoms with Gasteiger partial charge in [0.1, 0.15) is 23.7 Å². The minimum Gasteiger partial charge on any atom is -0.325 e. The van der Waals surface area contributed by atoms with Crippen molar-refractivity contribution >= 4 is 35.0 Å². The van der Waals surface area contributed by atoms with Gasteiger partial charge < -0.3 is 20.4 Å². The van der Waals surface area contributed by atoms with Crippen molar-refractivity contribution in [3.05, 3.63) is 59.7 Å². The fourth-order valence-corrected chi connectivity index (χ4v) is 5.22. The number of carbonyl (C=O) groups excluding carboxylic acids is 4. The summed E-state index contributed by atoms with van der Waals surface area (Å²) in [5.74, 6) is -5.13. The quantitative estimate of drug-likeness (QED) is 0.580. The van der Waals surface area contributed by atoms with Gasteiger partial charge in [-0.05, 0) is 35.6 Å². The van der Waals surface area contributed by atoms with Crippen molar-refractivity contribution < 1.29 is 28.0 Å². The Morgan fingerprint density at radius 3 is 2.56 bits per heavy atom. The van der Waals surface area contributed by atoms with Gasteiger partial charge in [0.05, 0.1) is 17.2 Å². The summed E-state index contributed by atoms with van der Waals surface area (Å²) in [6.07, 6.45) is 0.221. The molecule has 204 valence electrons. The smallest absolute Gasteiger partial charge is 0.313 e. The van der Waals surface area contributed by atoms with Crippen LogP contribution < -0.4 is 10.6 Å². The van der Waals surface area contributed by atoms with E-state index in [-0.39, 0.29) is 25.3 Å². The van der Waals surface area contributed by atoms with Gasteiger partial charge in [-0.2, -0.15) is 5.26 Å². The Balaban J connectivity index is 1.61. The van der Waals surface area contributed by atoms with Gasteiger partial charge in [-0.15, -0.1) is 0 Å². The maximum Gasteiger partial charge on any atom is 0.313 e. The maximum absolute atomic E-state index is 14.0. The highest BCUT2D eigenvalue weighted by molar-refractivity contribution is 6.39. The van der Waals surface area contributed by atoms with Gasteiger partial charge >= 0.3 is 11.8 Å². The first-order valence-corrected chi connectivity index (χ1v) is 12.4. The summed E-state index contributed by atoms with van der Waals surface area (Å²) in [6, 6.07) is 9.61. The van der Waals surface area contributed by atoms with Crippen molar-refractivity contribution in [2.24, 2.45) is 5.41 Å². The Morgan fingerprint density at radius 1 is 1.23 bits per heavy atom. The fourth-order valence-electron chi connectivity index (χ4n) is 5.22. The highest BCUT2D eigenvalue weighted by atomic mass is 19.1. The average molecular weight is 538 g/mol. The van der Waals surface area contributed by atoms with E-state index in [4.69, 9.17) is 0 Å². The van der Waals surface area contributed by atoms with Gasteiger partial charge in [-0.3, -0.25) is 19.2 Å². The number of amides is 4. The van der Waals surface area contributed by atoms with E-state index in [0.717, 1.165) is 17.0 Å². The Bertz CT molecular complexity index is 1400. The van der Waals surface area contributed by atoms with Crippen LogP contribution in [0.3, 0.4) is 0 Å². The number of halogens is 2. The van der Waals surface area contributed by atoms with E-state index >= 15 is 0 Å². The van der Waals surface area contributed by atoms with E-state index in [1.165, 1.54) is 11.9 Å². The first kappa shape index (κ1) is 27.7. The van der Waals surface area contributed by atoms with E-state index in [0.29, 0.717) is 17.3 Å². The lowest BCUT2D eigenvalue weighted by Gasteiger charge is -2.35. The summed E-state index contributed by atoms with van der Waals surface area (Å²) in [4.78, 5) is 55.2. The second-order valence-electron chi connectivity index (χ2n) is 11.2. The number of carbonyl (C=O) groups is 4. The van der Waals surface area contributed by atoms with Crippen LogP contribution in [0.25, 0.3) is 0 Å². The van der Waals surface area contributed by atoms with Crippen LogP contribution in [0, 0.1) is 28.4 Å². The van der Waals surface area contributed by atoms with E-state index in [2.05, 4.69) is 16.7 Å². The second-order valence-corrected chi connectivity index (χ2v) is 11.2. The zero-order valence-corrected chi connectivity index (χ0v) is 22.0. The number of fused-ring (bicyclic) bond motifs is 2. The predicted octanol–water partition coefficient (Wildman–Crippen LogP) is 3.18. The van der Waals surface area contributed by atoms with Crippen molar-refractivity contribution in [3.63, 3.8) is 0 Å². The molecule has 1 spiro atoms. The van der Waals surface area contributed by atoms with Crippen LogP contribution in [0.4, 0.5) is 20.2 Å². The molecule has 2 aromatic rings. The Morgan fingerprint density at radius 2 is 1.92 bits per heavy atom. The van der Waals surface area contributed by atoms with Gasteiger partial charge in [0.25, 0.3) is 0 Å². The molecule has 2 aliphatic rings. The van der Waals surface area contributed by atoms with E-state index in [9.17, 15) is 33.2 Å². The lowest BCUT2D eigenvalue weighted by atomic mass is 9.80. The molecule has 39 heavy (non-hydrogen) atoms. The molecule has 2 heterocycles. The Hall–Kier alpha value is -4.33. The number of likely N-dealkylation sites (tertiary alicyclic amines) is 1. The molecule has 9 nitrogen and oxygen atoms in total. The minimum absolute atomic E-state index is 0.0669. The number of hydrogen-bond acceptors (Lipinski definition) is 5. The summed E-state index contributed by atoms with van der Waals surface area (Å²) >= 11 is 0. The molecule has 4 rings (SSSR count). The second kappa shape index (κ2) is 10.1. The molecule has 0 unspecified atom stereocenters. The van der Waals surface area contributed by atoms with Crippen molar-refractivity contribution in [2.45, 2.75) is 51.1 Å². The van der Waals surface area contributed by atoms with Crippen molar-refractivity contribution in [2.75, 3.05) is 24.2 Å². The van der Waals surface area contributed by atoms with Crippen LogP contribution in [0.5, 0.6) is 0 Å². The van der Waals surface area contributed by atoms with Gasteiger partial charge in [-0.25, -0.2) is 8.78 Å². The molecule has 0 aliphatic carbocycles. The Kier molecular flexibility index (Phi) is 7.17. The molecular weight excluding hydrogens is 508 g/mol. The molecule has 11 heteroatoms. The molecule has 1 saturated heterocycles. The third-order valence-electron chi connectivity index (χ3n) is 7.17. The van der Waals surface area contributed by atoms with Crippen LogP contribution in [0.15, 0.2) is 42.5 Å². The summed E-state index contributed by atoms with van der Waals surface area (Å²) in [6.45, 7) is 5.50. The number of anilines is 2. The molecule has 4 amide bonds. The number of benzene rings is 2. The molecule has 2 N–H and O–H groups in total. The Labute approximate surface area is 224 Å². The summed E-state index contributed by atoms with van der Waals surface area (Å²) in [7, 11) is 1.28. The molecule has 0 radical (unpaired) electrons. The van der Waals surface area contributed by atoms with Crippen LogP contribution in [-0.4, -0.2) is 59.1 Å². The van der Waals surface area contributed by atoms with E-state index in [1.807, 2.05) is 20.8 Å². The van der Waals surface area contributed by atoms with Crippen molar-refractivity contribution in [1.82, 2.24) is 9.80 Å². The maximum atomic E-state index is 14.0. The fraction of sp³-hybridized carbons (Fsp3) is 0.393. The number of rotatable bonds is 4. The van der Waals surface area contributed by atoms with Crippen LogP contribution in [0.2, 0.25) is 0 Å². The zero-order chi connectivity index (χ0) is 28.7. The topological polar surface area (TPSA) is 123 Å². The van der Waals surface area contributed by atoms with Gasteiger partial charge in [0, 0.05) is 31.8 Å². The van der Waals surface area contributed by atoms with Crippen molar-refractivity contribution in [1.29, 1.82) is 5.26 Å². The molecular formula is C28H29F2N5O4. The number of nitrogens with one attached hydrogen (secondary N) is 2.